The molecule has 5 nitrogen and oxygen atoms in total. The van der Waals surface area contributed by atoms with E-state index in [1.54, 1.807) is 0 Å². The van der Waals surface area contributed by atoms with E-state index in [2.05, 4.69) is 20.6 Å². The summed E-state index contributed by atoms with van der Waals surface area (Å²) in [7, 11) is 0. The van der Waals surface area contributed by atoms with Crippen LogP contribution in [0.3, 0.4) is 0 Å². The summed E-state index contributed by atoms with van der Waals surface area (Å²) in [6.45, 7) is 6.13. The summed E-state index contributed by atoms with van der Waals surface area (Å²) in [6, 6.07) is 1.98. The lowest BCUT2D eigenvalue weighted by Gasteiger charge is -2.16. The van der Waals surface area contributed by atoms with Gasteiger partial charge in [-0.1, -0.05) is 0 Å². The quantitative estimate of drug-likeness (QED) is 0.689. The molecule has 0 spiro atoms. The van der Waals surface area contributed by atoms with Crippen molar-refractivity contribution >= 4 is 29.9 Å². The summed E-state index contributed by atoms with van der Waals surface area (Å²) < 4.78 is 0. The summed E-state index contributed by atoms with van der Waals surface area (Å²) in [6.07, 6.45) is 1.06. The van der Waals surface area contributed by atoms with E-state index >= 15 is 0 Å². The molecule has 0 saturated carbocycles. The summed E-state index contributed by atoms with van der Waals surface area (Å²) in [4.78, 5) is 18.9. The van der Waals surface area contributed by atoms with Crippen molar-refractivity contribution in [2.24, 2.45) is 4.99 Å². The van der Waals surface area contributed by atoms with Crippen molar-refractivity contribution in [2.45, 2.75) is 26.8 Å². The number of pyridine rings is 1. The number of H-pyrrole nitrogens is 1. The molecule has 0 amide bonds. The molecule has 2 rings (SSSR count). The van der Waals surface area contributed by atoms with Gasteiger partial charge in [-0.2, -0.15) is 0 Å². The number of aliphatic imine (C=N–C) groups is 1. The zero-order chi connectivity index (χ0) is 12.3. The van der Waals surface area contributed by atoms with Gasteiger partial charge in [0.2, 0.25) is 0 Å². The molecule has 0 aromatic carbocycles. The van der Waals surface area contributed by atoms with Crippen LogP contribution in [-0.4, -0.2) is 24.0 Å². The number of halogens is 1. The van der Waals surface area contributed by atoms with Gasteiger partial charge in [-0.15, -0.1) is 24.0 Å². The highest BCUT2D eigenvalue weighted by molar-refractivity contribution is 14.0. The molecule has 18 heavy (non-hydrogen) atoms. The number of aromatic nitrogens is 1. The monoisotopic (exact) mass is 362 g/mol. The number of nitrogens with zero attached hydrogens (tertiary/aromatic N) is 1. The Morgan fingerprint density at radius 2 is 2.22 bits per heavy atom. The molecule has 3 N–H and O–H groups in total. The Labute approximate surface area is 124 Å². The van der Waals surface area contributed by atoms with Crippen LogP contribution >= 0.6 is 24.0 Å². The SMILES string of the molecule is Cc1cc(C)c(CNC2=NCCCN2)c(=O)[nH]1.I. The first-order chi connectivity index (χ1) is 8.16. The minimum absolute atomic E-state index is 0. The van der Waals surface area contributed by atoms with Gasteiger partial charge in [0.25, 0.3) is 5.56 Å². The Balaban J connectivity index is 0.00000162. The van der Waals surface area contributed by atoms with Crippen molar-refractivity contribution in [2.75, 3.05) is 13.1 Å². The van der Waals surface area contributed by atoms with Crippen LogP contribution in [0.15, 0.2) is 15.9 Å². The van der Waals surface area contributed by atoms with Gasteiger partial charge in [0.05, 0.1) is 0 Å². The molecule has 0 radical (unpaired) electrons. The maximum Gasteiger partial charge on any atom is 0.253 e. The van der Waals surface area contributed by atoms with Crippen molar-refractivity contribution in [3.63, 3.8) is 0 Å². The second kappa shape index (κ2) is 6.77. The van der Waals surface area contributed by atoms with Crippen LogP contribution < -0.4 is 16.2 Å². The molecular formula is C12H19IN4O. The average molecular weight is 362 g/mol. The van der Waals surface area contributed by atoms with Crippen molar-refractivity contribution in [1.29, 1.82) is 0 Å². The van der Waals surface area contributed by atoms with Crippen molar-refractivity contribution in [3.8, 4) is 0 Å². The third-order valence-corrected chi connectivity index (χ3v) is 2.82. The van der Waals surface area contributed by atoms with E-state index < -0.39 is 0 Å². The first-order valence-corrected chi connectivity index (χ1v) is 5.88. The molecule has 2 heterocycles. The standard InChI is InChI=1S/C12H18N4O.HI/c1-8-6-9(2)16-11(17)10(8)7-15-12-13-4-3-5-14-12;/h6H,3-5,7H2,1-2H3,(H,16,17)(H2,13,14,15);1H. The van der Waals surface area contributed by atoms with Gasteiger partial charge in [0.15, 0.2) is 5.96 Å². The fourth-order valence-corrected chi connectivity index (χ4v) is 1.92. The summed E-state index contributed by atoms with van der Waals surface area (Å²) in [5.74, 6) is 0.788. The maximum atomic E-state index is 11.8. The second-order valence-electron chi connectivity index (χ2n) is 4.31. The zero-order valence-electron chi connectivity index (χ0n) is 10.7. The number of aromatic amines is 1. The summed E-state index contributed by atoms with van der Waals surface area (Å²) >= 11 is 0. The molecule has 6 heteroatoms. The number of guanidine groups is 1. The topological polar surface area (TPSA) is 69.3 Å². The van der Waals surface area contributed by atoms with Crippen LogP contribution in [0.5, 0.6) is 0 Å². The van der Waals surface area contributed by atoms with E-state index in [1.165, 1.54) is 0 Å². The van der Waals surface area contributed by atoms with E-state index in [9.17, 15) is 4.79 Å². The predicted octanol–water partition coefficient (Wildman–Crippen LogP) is 1.05. The van der Waals surface area contributed by atoms with Gasteiger partial charge < -0.3 is 15.6 Å². The average Bonchev–Trinajstić information content (AvgIpc) is 2.29. The fourth-order valence-electron chi connectivity index (χ4n) is 1.92. The maximum absolute atomic E-state index is 11.8. The number of rotatable bonds is 2. The molecule has 1 aliphatic rings. The number of hydrogen-bond acceptors (Lipinski definition) is 4. The molecule has 0 unspecified atom stereocenters. The molecule has 0 atom stereocenters. The first kappa shape index (κ1) is 15.0. The molecular weight excluding hydrogens is 343 g/mol. The lowest BCUT2D eigenvalue weighted by atomic mass is 10.1. The predicted molar refractivity (Wildman–Crippen MR) is 83.7 cm³/mol. The van der Waals surface area contributed by atoms with E-state index in [1.807, 2.05) is 19.9 Å². The molecule has 1 aromatic heterocycles. The second-order valence-corrected chi connectivity index (χ2v) is 4.31. The van der Waals surface area contributed by atoms with E-state index in [4.69, 9.17) is 0 Å². The van der Waals surface area contributed by atoms with E-state index in [0.29, 0.717) is 6.54 Å². The Hall–Kier alpha value is -1.05. The van der Waals surface area contributed by atoms with Gasteiger partial charge in [-0.05, 0) is 31.9 Å². The van der Waals surface area contributed by atoms with Gasteiger partial charge in [0, 0.05) is 30.9 Å². The Bertz CT molecular complexity index is 495. The van der Waals surface area contributed by atoms with Gasteiger partial charge in [0.1, 0.15) is 0 Å². The molecule has 1 aromatic rings. The van der Waals surface area contributed by atoms with Gasteiger partial charge in [-0.3, -0.25) is 9.79 Å². The zero-order valence-corrected chi connectivity index (χ0v) is 13.0. The highest BCUT2D eigenvalue weighted by Gasteiger charge is 2.07. The minimum atomic E-state index is -0.0218. The number of aryl methyl sites for hydroxylation is 2. The lowest BCUT2D eigenvalue weighted by molar-refractivity contribution is 0.699. The normalized spacial score (nSPS) is 14.2. The molecule has 0 saturated heterocycles. The molecule has 1 aliphatic heterocycles. The lowest BCUT2D eigenvalue weighted by Crippen LogP contribution is -2.41. The van der Waals surface area contributed by atoms with Gasteiger partial charge in [-0.25, -0.2) is 0 Å². The third kappa shape index (κ3) is 3.72. The van der Waals surface area contributed by atoms with Crippen LogP contribution in [-0.2, 0) is 6.54 Å². The van der Waals surface area contributed by atoms with Crippen molar-refractivity contribution < 1.29 is 0 Å². The largest absolute Gasteiger partial charge is 0.356 e. The smallest absolute Gasteiger partial charge is 0.253 e. The van der Waals surface area contributed by atoms with E-state index in [0.717, 1.165) is 42.3 Å². The summed E-state index contributed by atoms with van der Waals surface area (Å²) in [5, 5.41) is 6.32. The molecule has 100 valence electrons. The first-order valence-electron chi connectivity index (χ1n) is 5.88. The number of nitrogens with one attached hydrogen (secondary N) is 3. The summed E-state index contributed by atoms with van der Waals surface area (Å²) in [5.41, 5.74) is 2.65. The molecule has 0 aliphatic carbocycles. The highest BCUT2D eigenvalue weighted by Crippen LogP contribution is 2.03. The van der Waals surface area contributed by atoms with Crippen molar-refractivity contribution in [1.82, 2.24) is 15.6 Å². The van der Waals surface area contributed by atoms with Crippen LogP contribution in [0.1, 0.15) is 23.2 Å². The fraction of sp³-hybridized carbons (Fsp3) is 0.500. The Morgan fingerprint density at radius 1 is 1.44 bits per heavy atom. The van der Waals surface area contributed by atoms with E-state index in [-0.39, 0.29) is 29.5 Å². The van der Waals surface area contributed by atoms with Crippen LogP contribution in [0.25, 0.3) is 0 Å². The Kier molecular flexibility index (Phi) is 5.64. The Morgan fingerprint density at radius 3 is 2.83 bits per heavy atom. The van der Waals surface area contributed by atoms with Crippen LogP contribution in [0.4, 0.5) is 0 Å². The highest BCUT2D eigenvalue weighted by atomic mass is 127. The minimum Gasteiger partial charge on any atom is -0.356 e. The van der Waals surface area contributed by atoms with Gasteiger partial charge >= 0.3 is 0 Å². The van der Waals surface area contributed by atoms with Crippen LogP contribution in [0, 0.1) is 13.8 Å². The molecule has 0 bridgehead atoms. The van der Waals surface area contributed by atoms with Crippen molar-refractivity contribution in [3.05, 3.63) is 33.2 Å². The molecule has 0 fully saturated rings. The van der Waals surface area contributed by atoms with Crippen LogP contribution in [0.2, 0.25) is 0 Å². The number of hydrogen-bond donors (Lipinski definition) is 3. The third-order valence-electron chi connectivity index (χ3n) is 2.82.